The molecule has 0 amide bonds. The van der Waals surface area contributed by atoms with Crippen molar-refractivity contribution in [1.82, 2.24) is 4.98 Å². The lowest BCUT2D eigenvalue weighted by atomic mass is 9.79. The Morgan fingerprint density at radius 1 is 1.43 bits per heavy atom. The van der Waals surface area contributed by atoms with Gasteiger partial charge in [0.2, 0.25) is 0 Å². The number of hydrogen-bond donors (Lipinski definition) is 2. The second kappa shape index (κ2) is 5.85. The number of pyridine rings is 1. The van der Waals surface area contributed by atoms with Gasteiger partial charge in [0.25, 0.3) is 0 Å². The summed E-state index contributed by atoms with van der Waals surface area (Å²) in [6.45, 7) is 4.83. The lowest BCUT2D eigenvalue weighted by molar-refractivity contribution is -0.0119. The normalized spacial score (nSPS) is 24.8. The summed E-state index contributed by atoms with van der Waals surface area (Å²) >= 11 is 1.86. The van der Waals surface area contributed by atoms with Crippen LogP contribution >= 0.6 is 11.8 Å². The third-order valence-corrected chi connectivity index (χ3v) is 5.77. The molecule has 1 aliphatic rings. The van der Waals surface area contributed by atoms with Gasteiger partial charge in [0.15, 0.2) is 0 Å². The average molecular weight is 302 g/mol. The van der Waals surface area contributed by atoms with Crippen LogP contribution in [0.15, 0.2) is 30.5 Å². The summed E-state index contributed by atoms with van der Waals surface area (Å²) in [7, 11) is 0. The maximum atomic E-state index is 10.7. The van der Waals surface area contributed by atoms with E-state index in [1.807, 2.05) is 24.0 Å². The fourth-order valence-corrected chi connectivity index (χ4v) is 4.16. The molecule has 21 heavy (non-hydrogen) atoms. The molecule has 3 rings (SSSR count). The van der Waals surface area contributed by atoms with Crippen molar-refractivity contribution in [2.75, 3.05) is 17.6 Å². The Kier molecular flexibility index (Phi) is 4.09. The molecule has 2 N–H and O–H groups in total. The highest BCUT2D eigenvalue weighted by molar-refractivity contribution is 8.00. The van der Waals surface area contributed by atoms with E-state index in [9.17, 15) is 5.11 Å². The van der Waals surface area contributed by atoms with E-state index >= 15 is 0 Å². The molecule has 0 bridgehead atoms. The van der Waals surface area contributed by atoms with Crippen molar-refractivity contribution in [1.29, 1.82) is 0 Å². The SMILES string of the molecule is CCSC1CCC1(O)CNc1ccnc2c(C)cccc12. The standard InChI is InChI=1S/C17H22N2OS/c1-3-21-15-7-9-17(15,20)11-19-14-8-10-18-16-12(2)5-4-6-13(14)16/h4-6,8,10,15,20H,3,7,9,11H2,1-2H3,(H,18,19). The smallest absolute Gasteiger partial charge is 0.0937 e. The Labute approximate surface area is 130 Å². The van der Waals surface area contributed by atoms with Crippen LogP contribution in [0, 0.1) is 6.92 Å². The number of benzene rings is 1. The van der Waals surface area contributed by atoms with E-state index in [0.29, 0.717) is 11.8 Å². The van der Waals surface area contributed by atoms with Gasteiger partial charge in [0, 0.05) is 29.1 Å². The molecule has 2 atom stereocenters. The quantitative estimate of drug-likeness (QED) is 0.886. The summed E-state index contributed by atoms with van der Waals surface area (Å²) in [6.07, 6.45) is 3.84. The number of aryl methyl sites for hydroxylation is 1. The monoisotopic (exact) mass is 302 g/mol. The molecule has 2 unspecified atom stereocenters. The molecule has 4 heteroatoms. The highest BCUT2D eigenvalue weighted by atomic mass is 32.2. The van der Waals surface area contributed by atoms with Gasteiger partial charge in [-0.1, -0.05) is 25.1 Å². The molecular weight excluding hydrogens is 280 g/mol. The van der Waals surface area contributed by atoms with Crippen LogP contribution in [-0.2, 0) is 0 Å². The zero-order valence-electron chi connectivity index (χ0n) is 12.6. The van der Waals surface area contributed by atoms with Gasteiger partial charge in [-0.3, -0.25) is 4.98 Å². The van der Waals surface area contributed by atoms with E-state index in [0.717, 1.165) is 35.2 Å². The minimum absolute atomic E-state index is 0.366. The summed E-state index contributed by atoms with van der Waals surface area (Å²) in [4.78, 5) is 4.46. The number of rotatable bonds is 5. The zero-order valence-corrected chi connectivity index (χ0v) is 13.4. The molecule has 1 aromatic heterocycles. The fourth-order valence-electron chi connectivity index (χ4n) is 2.96. The van der Waals surface area contributed by atoms with Crippen LogP contribution in [0.2, 0.25) is 0 Å². The molecule has 1 aromatic carbocycles. The van der Waals surface area contributed by atoms with Crippen molar-refractivity contribution in [2.24, 2.45) is 0 Å². The number of nitrogens with one attached hydrogen (secondary N) is 1. The van der Waals surface area contributed by atoms with Crippen LogP contribution in [0.5, 0.6) is 0 Å². The minimum atomic E-state index is -0.569. The molecule has 0 aliphatic heterocycles. The van der Waals surface area contributed by atoms with E-state index in [-0.39, 0.29) is 0 Å². The highest BCUT2D eigenvalue weighted by Crippen LogP contribution is 2.41. The maximum Gasteiger partial charge on any atom is 0.0937 e. The third-order valence-electron chi connectivity index (χ3n) is 4.36. The van der Waals surface area contributed by atoms with Gasteiger partial charge in [-0.05, 0) is 37.1 Å². The summed E-state index contributed by atoms with van der Waals surface area (Å²) in [5.74, 6) is 1.06. The first-order valence-electron chi connectivity index (χ1n) is 7.56. The number of nitrogens with zero attached hydrogens (tertiary/aromatic N) is 1. The molecule has 0 radical (unpaired) electrons. The van der Waals surface area contributed by atoms with Crippen molar-refractivity contribution in [2.45, 2.75) is 37.5 Å². The van der Waals surface area contributed by atoms with Gasteiger partial charge in [-0.15, -0.1) is 0 Å². The van der Waals surface area contributed by atoms with Crippen molar-refractivity contribution < 1.29 is 5.11 Å². The molecule has 1 aliphatic carbocycles. The van der Waals surface area contributed by atoms with Crippen LogP contribution in [0.25, 0.3) is 10.9 Å². The molecule has 112 valence electrons. The highest BCUT2D eigenvalue weighted by Gasteiger charge is 2.44. The van der Waals surface area contributed by atoms with Crippen molar-refractivity contribution >= 4 is 28.4 Å². The second-order valence-electron chi connectivity index (χ2n) is 5.77. The van der Waals surface area contributed by atoms with Gasteiger partial charge in [-0.2, -0.15) is 11.8 Å². The largest absolute Gasteiger partial charge is 0.387 e. The second-order valence-corrected chi connectivity index (χ2v) is 7.25. The van der Waals surface area contributed by atoms with Crippen LogP contribution in [0.1, 0.15) is 25.3 Å². The van der Waals surface area contributed by atoms with E-state index < -0.39 is 5.60 Å². The molecule has 1 fully saturated rings. The van der Waals surface area contributed by atoms with Gasteiger partial charge in [-0.25, -0.2) is 0 Å². The number of hydrogen-bond acceptors (Lipinski definition) is 4. The lowest BCUT2D eigenvalue weighted by Gasteiger charge is -2.45. The first-order chi connectivity index (χ1) is 10.1. The Balaban J connectivity index is 1.78. The van der Waals surface area contributed by atoms with Crippen LogP contribution in [0.3, 0.4) is 0 Å². The predicted octanol–water partition coefficient (Wildman–Crippen LogP) is 3.60. The summed E-state index contributed by atoms with van der Waals surface area (Å²) in [5, 5.41) is 15.6. The van der Waals surface area contributed by atoms with Crippen molar-refractivity contribution in [3.8, 4) is 0 Å². The molecule has 0 spiro atoms. The van der Waals surface area contributed by atoms with Gasteiger partial charge in [0.05, 0.1) is 11.1 Å². The number of fused-ring (bicyclic) bond motifs is 1. The summed E-state index contributed by atoms with van der Waals surface area (Å²) in [5.41, 5.74) is 2.70. The van der Waals surface area contributed by atoms with Crippen molar-refractivity contribution in [3.05, 3.63) is 36.0 Å². The topological polar surface area (TPSA) is 45.1 Å². The van der Waals surface area contributed by atoms with Gasteiger partial charge < -0.3 is 10.4 Å². The molecule has 2 aromatic rings. The maximum absolute atomic E-state index is 10.7. The molecule has 1 saturated carbocycles. The van der Waals surface area contributed by atoms with E-state index in [2.05, 4.69) is 42.3 Å². The fraction of sp³-hybridized carbons (Fsp3) is 0.471. The van der Waals surface area contributed by atoms with Crippen LogP contribution < -0.4 is 5.32 Å². The number of para-hydroxylation sites is 1. The third kappa shape index (κ3) is 2.74. The number of aromatic nitrogens is 1. The molecule has 1 heterocycles. The Morgan fingerprint density at radius 2 is 2.29 bits per heavy atom. The van der Waals surface area contributed by atoms with E-state index in [1.165, 1.54) is 5.56 Å². The Hall–Kier alpha value is -1.26. The average Bonchev–Trinajstić information content (AvgIpc) is 2.49. The van der Waals surface area contributed by atoms with Crippen LogP contribution in [0.4, 0.5) is 5.69 Å². The van der Waals surface area contributed by atoms with E-state index in [1.54, 1.807) is 0 Å². The Bertz CT molecular complexity index is 646. The number of thioether (sulfide) groups is 1. The summed E-state index contributed by atoms with van der Waals surface area (Å²) in [6, 6.07) is 8.21. The zero-order chi connectivity index (χ0) is 14.9. The number of anilines is 1. The van der Waals surface area contributed by atoms with Gasteiger partial charge >= 0.3 is 0 Å². The Morgan fingerprint density at radius 3 is 3.00 bits per heavy atom. The first-order valence-corrected chi connectivity index (χ1v) is 8.61. The first kappa shape index (κ1) is 14.7. The number of aliphatic hydroxyl groups is 1. The molecule has 0 saturated heterocycles. The van der Waals surface area contributed by atoms with Crippen LogP contribution in [-0.4, -0.2) is 33.2 Å². The minimum Gasteiger partial charge on any atom is -0.387 e. The van der Waals surface area contributed by atoms with Crippen molar-refractivity contribution in [3.63, 3.8) is 0 Å². The summed E-state index contributed by atoms with van der Waals surface area (Å²) < 4.78 is 0. The predicted molar refractivity (Wildman–Crippen MR) is 91.1 cm³/mol. The lowest BCUT2D eigenvalue weighted by Crippen LogP contribution is -2.54. The molecular formula is C17H22N2OS. The van der Waals surface area contributed by atoms with Gasteiger partial charge in [0.1, 0.15) is 0 Å². The van der Waals surface area contributed by atoms with E-state index in [4.69, 9.17) is 0 Å². The molecule has 3 nitrogen and oxygen atoms in total.